The Morgan fingerprint density at radius 3 is 2.52 bits per heavy atom. The summed E-state index contributed by atoms with van der Waals surface area (Å²) >= 11 is 0. The third-order valence-corrected chi connectivity index (χ3v) is 3.74. The Morgan fingerprint density at radius 2 is 1.95 bits per heavy atom. The first kappa shape index (κ1) is 17.7. The number of sulfonamides is 1. The second kappa shape index (κ2) is 7.63. The van der Waals surface area contributed by atoms with Gasteiger partial charge in [-0.05, 0) is 31.5 Å². The lowest BCUT2D eigenvalue weighted by Gasteiger charge is -2.22. The van der Waals surface area contributed by atoms with Gasteiger partial charge in [0.15, 0.2) is 0 Å². The molecule has 1 amide bonds. The molecule has 0 aliphatic carbocycles. The second-order valence-electron chi connectivity index (χ2n) is 4.95. The number of amides is 1. The first-order valence-electron chi connectivity index (χ1n) is 6.54. The van der Waals surface area contributed by atoms with Crippen molar-refractivity contribution in [3.05, 3.63) is 24.3 Å². The summed E-state index contributed by atoms with van der Waals surface area (Å²) in [6, 6.07) is 6.77. The lowest BCUT2D eigenvalue weighted by molar-refractivity contribution is -0.120. The van der Waals surface area contributed by atoms with Crippen molar-refractivity contribution >= 4 is 39.7 Å². The van der Waals surface area contributed by atoms with Crippen molar-refractivity contribution < 1.29 is 13.2 Å². The van der Waals surface area contributed by atoms with Crippen LogP contribution < -0.4 is 15.4 Å². The normalized spacial score (nSPS) is 18.4. The van der Waals surface area contributed by atoms with Gasteiger partial charge in [-0.3, -0.25) is 9.52 Å². The second-order valence-corrected chi connectivity index (χ2v) is 6.70. The molecule has 0 unspecified atom stereocenters. The zero-order valence-corrected chi connectivity index (χ0v) is 13.4. The molecule has 1 fully saturated rings. The molecule has 1 aliphatic rings. The van der Waals surface area contributed by atoms with Gasteiger partial charge in [0.05, 0.1) is 23.5 Å². The van der Waals surface area contributed by atoms with E-state index in [0.29, 0.717) is 17.9 Å². The minimum Gasteiger partial charge on any atom is -0.324 e. The van der Waals surface area contributed by atoms with E-state index in [2.05, 4.69) is 15.4 Å². The molecule has 21 heavy (non-hydrogen) atoms. The number of carbonyl (C=O) groups is 1. The molecule has 1 aliphatic heterocycles. The molecule has 1 aromatic rings. The van der Waals surface area contributed by atoms with Crippen LogP contribution in [0.25, 0.3) is 0 Å². The molecule has 3 N–H and O–H groups in total. The van der Waals surface area contributed by atoms with Crippen LogP contribution in [-0.4, -0.2) is 33.7 Å². The van der Waals surface area contributed by atoms with E-state index in [9.17, 15) is 13.2 Å². The van der Waals surface area contributed by atoms with Gasteiger partial charge in [0.25, 0.3) is 0 Å². The van der Waals surface area contributed by atoms with Gasteiger partial charge in [0.2, 0.25) is 15.9 Å². The minimum absolute atomic E-state index is 0. The van der Waals surface area contributed by atoms with E-state index in [1.165, 1.54) is 0 Å². The maximum atomic E-state index is 12.2. The van der Waals surface area contributed by atoms with Gasteiger partial charge in [0.1, 0.15) is 0 Å². The van der Waals surface area contributed by atoms with Gasteiger partial charge in [-0.1, -0.05) is 12.1 Å². The van der Waals surface area contributed by atoms with Gasteiger partial charge in [0, 0.05) is 6.54 Å². The van der Waals surface area contributed by atoms with Crippen LogP contribution in [0.2, 0.25) is 0 Å². The molecule has 0 aromatic heterocycles. The Bertz CT molecular complexity index is 586. The number of hydrogen-bond acceptors (Lipinski definition) is 4. The largest absolute Gasteiger partial charge is 0.324 e. The van der Waals surface area contributed by atoms with Crippen LogP contribution in [0.3, 0.4) is 0 Å². The average Bonchev–Trinajstić information content (AvgIpc) is 2.40. The van der Waals surface area contributed by atoms with Crippen molar-refractivity contribution in [1.82, 2.24) is 5.32 Å². The molecule has 2 rings (SSSR count). The lowest BCUT2D eigenvalue weighted by atomic mass is 9.99. The molecular weight excluding hydrogens is 314 g/mol. The molecule has 1 saturated heterocycles. The summed E-state index contributed by atoms with van der Waals surface area (Å²) < 4.78 is 25.0. The first-order valence-corrected chi connectivity index (χ1v) is 8.43. The first-order chi connectivity index (χ1) is 9.46. The summed E-state index contributed by atoms with van der Waals surface area (Å²) in [6.45, 7) is 1.60. The zero-order valence-electron chi connectivity index (χ0n) is 11.8. The Kier molecular flexibility index (Phi) is 6.44. The SMILES string of the molecule is CS(=O)(=O)Nc1ccccc1NC(=O)[C@@H]1CCCNC1.Cl. The quantitative estimate of drug-likeness (QED) is 0.777. The van der Waals surface area contributed by atoms with Crippen LogP contribution in [-0.2, 0) is 14.8 Å². The van der Waals surface area contributed by atoms with Gasteiger partial charge < -0.3 is 10.6 Å². The molecule has 6 nitrogen and oxygen atoms in total. The molecule has 0 spiro atoms. The number of halogens is 1. The fourth-order valence-corrected chi connectivity index (χ4v) is 2.77. The number of carbonyl (C=O) groups excluding carboxylic acids is 1. The highest BCUT2D eigenvalue weighted by atomic mass is 35.5. The molecule has 1 atom stereocenters. The van der Waals surface area contributed by atoms with Crippen LogP contribution >= 0.6 is 12.4 Å². The molecule has 0 bridgehead atoms. The van der Waals surface area contributed by atoms with Crippen LogP contribution in [0.15, 0.2) is 24.3 Å². The van der Waals surface area contributed by atoms with Crippen LogP contribution in [0.1, 0.15) is 12.8 Å². The fourth-order valence-electron chi connectivity index (χ4n) is 2.19. The molecule has 0 radical (unpaired) electrons. The van der Waals surface area contributed by atoms with E-state index in [0.717, 1.165) is 25.6 Å². The standard InChI is InChI=1S/C13H19N3O3S.ClH/c1-20(18,19)16-12-7-3-2-6-11(12)15-13(17)10-5-4-8-14-9-10;/h2-3,6-7,10,14,16H,4-5,8-9H2,1H3,(H,15,17);1H/t10-;/m1./s1. The van der Waals surface area contributed by atoms with Crippen molar-refractivity contribution in [3.63, 3.8) is 0 Å². The minimum atomic E-state index is -3.37. The molecule has 1 heterocycles. The summed E-state index contributed by atoms with van der Waals surface area (Å²) in [5.74, 6) is -0.157. The summed E-state index contributed by atoms with van der Waals surface area (Å²) in [4.78, 5) is 12.2. The molecule has 1 aromatic carbocycles. The Labute approximate surface area is 131 Å². The van der Waals surface area contributed by atoms with Crippen LogP contribution in [0, 0.1) is 5.92 Å². The topological polar surface area (TPSA) is 87.3 Å². The van der Waals surface area contributed by atoms with Crippen molar-refractivity contribution in [2.45, 2.75) is 12.8 Å². The third-order valence-electron chi connectivity index (χ3n) is 3.15. The van der Waals surface area contributed by atoms with E-state index >= 15 is 0 Å². The summed E-state index contributed by atoms with van der Waals surface area (Å²) in [5, 5.41) is 5.98. The van der Waals surface area contributed by atoms with Gasteiger partial charge in [-0.25, -0.2) is 8.42 Å². The highest BCUT2D eigenvalue weighted by Gasteiger charge is 2.21. The predicted molar refractivity (Wildman–Crippen MR) is 86.4 cm³/mol. The number of piperidine rings is 1. The van der Waals surface area contributed by atoms with Crippen LogP contribution in [0.5, 0.6) is 0 Å². The molecule has 0 saturated carbocycles. The summed E-state index contributed by atoms with van der Waals surface area (Å²) in [7, 11) is -3.37. The summed E-state index contributed by atoms with van der Waals surface area (Å²) in [5.41, 5.74) is 0.862. The van der Waals surface area contributed by atoms with Crippen molar-refractivity contribution in [2.24, 2.45) is 5.92 Å². The number of rotatable bonds is 4. The van der Waals surface area contributed by atoms with Gasteiger partial charge >= 0.3 is 0 Å². The van der Waals surface area contributed by atoms with Gasteiger partial charge in [-0.2, -0.15) is 0 Å². The zero-order chi connectivity index (χ0) is 14.6. The number of nitrogens with one attached hydrogen (secondary N) is 3. The third kappa shape index (κ3) is 5.53. The van der Waals surface area contributed by atoms with Crippen molar-refractivity contribution in [2.75, 3.05) is 29.4 Å². The lowest BCUT2D eigenvalue weighted by Crippen LogP contribution is -2.37. The van der Waals surface area contributed by atoms with Crippen LogP contribution in [0.4, 0.5) is 11.4 Å². The van der Waals surface area contributed by atoms with E-state index in [1.807, 2.05) is 0 Å². The molecular formula is C13H20ClN3O3S. The average molecular weight is 334 g/mol. The van der Waals surface area contributed by atoms with E-state index in [4.69, 9.17) is 0 Å². The predicted octanol–water partition coefficient (Wildman–Crippen LogP) is 1.42. The number of benzene rings is 1. The molecule has 8 heteroatoms. The highest BCUT2D eigenvalue weighted by molar-refractivity contribution is 7.92. The molecule has 118 valence electrons. The van der Waals surface area contributed by atoms with E-state index in [1.54, 1.807) is 24.3 Å². The number of hydrogen-bond donors (Lipinski definition) is 3. The Hall–Kier alpha value is -1.31. The number of para-hydroxylation sites is 2. The Morgan fingerprint density at radius 1 is 1.29 bits per heavy atom. The maximum Gasteiger partial charge on any atom is 0.229 e. The van der Waals surface area contributed by atoms with E-state index in [-0.39, 0.29) is 24.2 Å². The monoisotopic (exact) mass is 333 g/mol. The summed E-state index contributed by atoms with van der Waals surface area (Å²) in [6.07, 6.45) is 2.90. The maximum absolute atomic E-state index is 12.2. The van der Waals surface area contributed by atoms with Crippen molar-refractivity contribution in [3.8, 4) is 0 Å². The van der Waals surface area contributed by atoms with Gasteiger partial charge in [-0.15, -0.1) is 12.4 Å². The highest BCUT2D eigenvalue weighted by Crippen LogP contribution is 2.23. The number of anilines is 2. The smallest absolute Gasteiger partial charge is 0.229 e. The van der Waals surface area contributed by atoms with Crippen molar-refractivity contribution in [1.29, 1.82) is 0 Å². The Balaban J connectivity index is 0.00000220. The van der Waals surface area contributed by atoms with E-state index < -0.39 is 10.0 Å². The fraction of sp³-hybridized carbons (Fsp3) is 0.462.